The fourth-order valence-electron chi connectivity index (χ4n) is 4.05. The number of fused-ring (bicyclic) bond motifs is 1. The van der Waals surface area contributed by atoms with E-state index in [0.717, 1.165) is 16.8 Å². The molecule has 0 spiro atoms. The molecule has 2 N–H and O–H groups in total. The van der Waals surface area contributed by atoms with Gasteiger partial charge in [-0.2, -0.15) is 18.3 Å². The highest BCUT2D eigenvalue weighted by atomic mass is 19.4. The molecule has 2 unspecified atom stereocenters. The average Bonchev–Trinajstić information content (AvgIpc) is 2.84. The predicted molar refractivity (Wildman–Crippen MR) is 128 cm³/mol. The third kappa shape index (κ3) is 6.96. The number of aromatic nitrogens is 5. The van der Waals surface area contributed by atoms with Gasteiger partial charge in [-0.05, 0) is 30.5 Å². The zero-order chi connectivity index (χ0) is 30.1. The third-order valence-electron chi connectivity index (χ3n) is 5.71. The Bertz CT molecular complexity index is 1670. The number of pyridine rings is 1. The summed E-state index contributed by atoms with van der Waals surface area (Å²) in [5.74, 6) is -1.97. The van der Waals surface area contributed by atoms with Gasteiger partial charge in [0.1, 0.15) is 17.6 Å². The van der Waals surface area contributed by atoms with Crippen LogP contribution in [-0.2, 0) is 12.7 Å². The average molecular weight is 590 g/mol. The van der Waals surface area contributed by atoms with E-state index in [1.165, 1.54) is 25.3 Å². The van der Waals surface area contributed by atoms with Gasteiger partial charge in [-0.25, -0.2) is 23.8 Å². The van der Waals surface area contributed by atoms with Crippen molar-refractivity contribution in [3.63, 3.8) is 0 Å². The lowest BCUT2D eigenvalue weighted by Crippen LogP contribution is -2.30. The summed E-state index contributed by atoms with van der Waals surface area (Å²) in [4.78, 5) is 31.8. The number of benzene rings is 1. The van der Waals surface area contributed by atoms with Crippen molar-refractivity contribution in [2.45, 2.75) is 44.6 Å². The predicted octanol–water partition coefficient (Wildman–Crippen LogP) is 4.83. The van der Waals surface area contributed by atoms with Gasteiger partial charge in [0.15, 0.2) is 11.6 Å². The van der Waals surface area contributed by atoms with E-state index >= 15 is 0 Å². The Morgan fingerprint density at radius 2 is 1.76 bits per heavy atom. The van der Waals surface area contributed by atoms with Gasteiger partial charge in [0.2, 0.25) is 0 Å². The van der Waals surface area contributed by atoms with E-state index in [1.54, 1.807) is 5.10 Å². The number of H-pyrrole nitrogens is 1. The molecule has 4 aromatic rings. The normalized spacial score (nSPS) is 13.7. The lowest BCUT2D eigenvalue weighted by Gasteiger charge is -2.20. The number of rotatable bonds is 8. The molecule has 9 nitrogen and oxygen atoms in total. The van der Waals surface area contributed by atoms with Crippen LogP contribution in [0.3, 0.4) is 0 Å². The first-order valence-electron chi connectivity index (χ1n) is 11.6. The number of aromatic amines is 1. The number of nitrogens with zero attached hydrogens (tertiary/aromatic N) is 4. The fourth-order valence-corrected chi connectivity index (χ4v) is 4.05. The molecule has 4 rings (SSSR count). The standard InChI is InChI=1S/C24H18F8N6O3/c1-11(36-18-9-35-37-21(39)19(18)23(27,28)29)4-13(25)10-38-3-2-12-5-16(17(26)6-15(12)22(38)40)20-33-7-14(8-34-20)41-24(30,31)32/h2-3,5-9,11,13H,4,10H2,1H3,(H2,36,37,39). The number of halogens is 8. The van der Waals surface area contributed by atoms with Gasteiger partial charge in [0.25, 0.3) is 11.1 Å². The molecule has 0 fully saturated rings. The number of nitrogens with one attached hydrogen (secondary N) is 2. The Labute approximate surface area is 223 Å². The minimum Gasteiger partial charge on any atom is -0.402 e. The van der Waals surface area contributed by atoms with Crippen LogP contribution in [0.4, 0.5) is 40.8 Å². The minimum absolute atomic E-state index is 0.145. The van der Waals surface area contributed by atoms with Crippen LogP contribution >= 0.6 is 0 Å². The summed E-state index contributed by atoms with van der Waals surface area (Å²) in [7, 11) is 0. The van der Waals surface area contributed by atoms with Crippen molar-refractivity contribution in [1.29, 1.82) is 0 Å². The molecule has 17 heteroatoms. The molecule has 41 heavy (non-hydrogen) atoms. The SMILES string of the molecule is CC(CC(F)Cn1ccc2cc(-c3ncc(OC(F)(F)F)cn3)c(F)cc2c1=O)Nc1cn[nH]c(=O)c1C(F)(F)F. The quantitative estimate of drug-likeness (QED) is 0.283. The smallest absolute Gasteiger partial charge is 0.402 e. The van der Waals surface area contributed by atoms with Crippen LogP contribution in [0.2, 0.25) is 0 Å². The van der Waals surface area contributed by atoms with Gasteiger partial charge >= 0.3 is 12.5 Å². The van der Waals surface area contributed by atoms with Crippen molar-refractivity contribution in [1.82, 2.24) is 24.7 Å². The van der Waals surface area contributed by atoms with Crippen molar-refractivity contribution in [2.75, 3.05) is 5.32 Å². The Balaban J connectivity index is 1.50. The zero-order valence-corrected chi connectivity index (χ0v) is 20.6. The molecular weight excluding hydrogens is 572 g/mol. The number of hydrogen-bond acceptors (Lipinski definition) is 7. The fraction of sp³-hybridized carbons (Fsp3) is 0.292. The van der Waals surface area contributed by atoms with E-state index in [1.807, 2.05) is 0 Å². The number of ether oxygens (including phenoxy) is 1. The van der Waals surface area contributed by atoms with Crippen molar-refractivity contribution in [3.05, 3.63) is 75.1 Å². The second kappa shape index (κ2) is 11.1. The zero-order valence-electron chi connectivity index (χ0n) is 20.6. The lowest BCUT2D eigenvalue weighted by atomic mass is 10.1. The van der Waals surface area contributed by atoms with Crippen LogP contribution in [0.1, 0.15) is 18.9 Å². The van der Waals surface area contributed by atoms with Crippen molar-refractivity contribution < 1.29 is 39.9 Å². The van der Waals surface area contributed by atoms with Crippen LogP contribution in [0, 0.1) is 5.82 Å². The Hall–Kier alpha value is -4.57. The summed E-state index contributed by atoms with van der Waals surface area (Å²) in [6.07, 6.45) is -8.70. The van der Waals surface area contributed by atoms with Gasteiger partial charge in [0, 0.05) is 18.7 Å². The minimum atomic E-state index is -4.99. The first-order chi connectivity index (χ1) is 19.1. The first-order valence-corrected chi connectivity index (χ1v) is 11.6. The molecule has 0 aliphatic rings. The van der Waals surface area contributed by atoms with E-state index < -0.39 is 65.2 Å². The largest absolute Gasteiger partial charge is 0.573 e. The molecule has 0 bridgehead atoms. The molecule has 0 saturated heterocycles. The van der Waals surface area contributed by atoms with Crippen molar-refractivity contribution >= 4 is 16.5 Å². The van der Waals surface area contributed by atoms with Crippen molar-refractivity contribution in [3.8, 4) is 17.1 Å². The van der Waals surface area contributed by atoms with Gasteiger partial charge in [-0.1, -0.05) is 0 Å². The summed E-state index contributed by atoms with van der Waals surface area (Å²) in [6.45, 7) is 0.853. The topological polar surface area (TPSA) is 115 Å². The molecule has 0 amide bonds. The second-order valence-electron chi connectivity index (χ2n) is 8.85. The van der Waals surface area contributed by atoms with Crippen LogP contribution in [0.5, 0.6) is 5.75 Å². The Morgan fingerprint density at radius 3 is 2.39 bits per heavy atom. The Kier molecular flexibility index (Phi) is 7.98. The van der Waals surface area contributed by atoms with E-state index in [4.69, 9.17) is 0 Å². The summed E-state index contributed by atoms with van der Waals surface area (Å²) < 4.78 is 111. The molecule has 0 radical (unpaired) electrons. The molecule has 2 atom stereocenters. The van der Waals surface area contributed by atoms with E-state index in [9.17, 15) is 44.7 Å². The van der Waals surface area contributed by atoms with E-state index in [-0.39, 0.29) is 28.6 Å². The molecule has 0 saturated carbocycles. The highest BCUT2D eigenvalue weighted by molar-refractivity contribution is 5.86. The lowest BCUT2D eigenvalue weighted by molar-refractivity contribution is -0.274. The Morgan fingerprint density at radius 1 is 1.07 bits per heavy atom. The molecule has 3 heterocycles. The summed E-state index contributed by atoms with van der Waals surface area (Å²) >= 11 is 0. The van der Waals surface area contributed by atoms with Gasteiger partial charge in [-0.15, -0.1) is 13.2 Å². The van der Waals surface area contributed by atoms with E-state index in [2.05, 4.69) is 25.1 Å². The maximum absolute atomic E-state index is 14.9. The molecule has 3 aromatic heterocycles. The number of alkyl halides is 7. The highest BCUT2D eigenvalue weighted by Gasteiger charge is 2.37. The van der Waals surface area contributed by atoms with Crippen molar-refractivity contribution in [2.24, 2.45) is 0 Å². The van der Waals surface area contributed by atoms with Crippen LogP contribution in [0.15, 0.2) is 52.6 Å². The summed E-state index contributed by atoms with van der Waals surface area (Å²) in [5.41, 5.74) is -4.61. The molecule has 0 aliphatic carbocycles. The molecule has 218 valence electrons. The van der Waals surface area contributed by atoms with Gasteiger partial charge < -0.3 is 14.6 Å². The van der Waals surface area contributed by atoms with Crippen LogP contribution < -0.4 is 21.2 Å². The number of hydrogen-bond donors (Lipinski definition) is 2. The molecule has 1 aromatic carbocycles. The molecule has 0 aliphatic heterocycles. The van der Waals surface area contributed by atoms with Gasteiger partial charge in [-0.3, -0.25) is 9.59 Å². The highest BCUT2D eigenvalue weighted by Crippen LogP contribution is 2.32. The molecular formula is C24H18F8N6O3. The number of anilines is 1. The van der Waals surface area contributed by atoms with E-state index in [0.29, 0.717) is 12.4 Å². The van der Waals surface area contributed by atoms with Gasteiger partial charge in [0.05, 0.1) is 41.8 Å². The maximum atomic E-state index is 14.9. The maximum Gasteiger partial charge on any atom is 0.573 e. The second-order valence-corrected chi connectivity index (χ2v) is 8.85. The summed E-state index contributed by atoms with van der Waals surface area (Å²) in [6, 6.07) is 2.50. The van der Waals surface area contributed by atoms with Crippen LogP contribution in [-0.4, -0.2) is 43.3 Å². The summed E-state index contributed by atoms with van der Waals surface area (Å²) in [5, 5.41) is 7.48. The van der Waals surface area contributed by atoms with Crippen LogP contribution in [0.25, 0.3) is 22.2 Å². The first kappa shape index (κ1) is 29.4. The monoisotopic (exact) mass is 590 g/mol. The third-order valence-corrected chi connectivity index (χ3v) is 5.71.